The van der Waals surface area contributed by atoms with E-state index in [1.807, 2.05) is 4.90 Å². The van der Waals surface area contributed by atoms with E-state index in [9.17, 15) is 4.79 Å². The zero-order valence-corrected chi connectivity index (χ0v) is 8.04. The minimum absolute atomic E-state index is 0.00797. The quantitative estimate of drug-likeness (QED) is 0.648. The lowest BCUT2D eigenvalue weighted by atomic mass is 9.82. The molecule has 1 saturated heterocycles. The summed E-state index contributed by atoms with van der Waals surface area (Å²) >= 11 is 0. The molecule has 3 nitrogen and oxygen atoms in total. The van der Waals surface area contributed by atoms with Crippen molar-refractivity contribution in [3.8, 4) is 0 Å². The highest BCUT2D eigenvalue weighted by Crippen LogP contribution is 2.30. The van der Waals surface area contributed by atoms with Crippen molar-refractivity contribution in [2.24, 2.45) is 5.92 Å². The Kier molecular flexibility index (Phi) is 2.71. The number of nitrogens with zero attached hydrogens (tertiary/aromatic N) is 2. The SMILES string of the molecule is O=C1[N]CCN1CCCC1CCC1. The summed E-state index contributed by atoms with van der Waals surface area (Å²) in [5.41, 5.74) is 0. The number of urea groups is 1. The molecule has 2 rings (SSSR count). The Morgan fingerprint density at radius 3 is 2.85 bits per heavy atom. The highest BCUT2D eigenvalue weighted by atomic mass is 16.2. The molecule has 0 aromatic rings. The average Bonchev–Trinajstić information content (AvgIpc) is 2.42. The van der Waals surface area contributed by atoms with Crippen molar-refractivity contribution < 1.29 is 4.79 Å². The van der Waals surface area contributed by atoms with Crippen molar-refractivity contribution in [2.75, 3.05) is 19.6 Å². The molecule has 0 aromatic heterocycles. The van der Waals surface area contributed by atoms with Crippen LogP contribution in [0.1, 0.15) is 32.1 Å². The van der Waals surface area contributed by atoms with Crippen molar-refractivity contribution in [3.05, 3.63) is 0 Å². The average molecular weight is 181 g/mol. The Bertz CT molecular complexity index is 189. The van der Waals surface area contributed by atoms with Gasteiger partial charge in [0.05, 0.1) is 6.54 Å². The summed E-state index contributed by atoms with van der Waals surface area (Å²) in [5.74, 6) is 0.967. The van der Waals surface area contributed by atoms with Crippen LogP contribution in [0.3, 0.4) is 0 Å². The summed E-state index contributed by atoms with van der Waals surface area (Å²) < 4.78 is 0. The maximum Gasteiger partial charge on any atom is 0.339 e. The van der Waals surface area contributed by atoms with E-state index >= 15 is 0 Å². The number of amides is 2. The third-order valence-corrected chi connectivity index (χ3v) is 3.15. The van der Waals surface area contributed by atoms with E-state index in [1.54, 1.807) is 0 Å². The fourth-order valence-corrected chi connectivity index (χ4v) is 2.02. The topological polar surface area (TPSA) is 34.4 Å². The molecule has 2 aliphatic rings. The molecule has 73 valence electrons. The molecule has 1 heterocycles. The highest BCUT2D eigenvalue weighted by molar-refractivity contribution is 5.75. The van der Waals surface area contributed by atoms with Crippen molar-refractivity contribution in [2.45, 2.75) is 32.1 Å². The smallest absolute Gasteiger partial charge is 0.321 e. The van der Waals surface area contributed by atoms with Crippen LogP contribution in [0.25, 0.3) is 0 Å². The third-order valence-electron chi connectivity index (χ3n) is 3.15. The first kappa shape index (κ1) is 8.85. The van der Waals surface area contributed by atoms with E-state index in [0.717, 1.165) is 19.0 Å². The van der Waals surface area contributed by atoms with Crippen LogP contribution in [0.15, 0.2) is 0 Å². The first-order valence-electron chi connectivity index (χ1n) is 5.32. The van der Waals surface area contributed by atoms with Crippen molar-refractivity contribution in [1.29, 1.82) is 0 Å². The second kappa shape index (κ2) is 3.99. The van der Waals surface area contributed by atoms with Crippen LogP contribution < -0.4 is 5.32 Å². The van der Waals surface area contributed by atoms with Crippen LogP contribution in [-0.4, -0.2) is 30.6 Å². The van der Waals surface area contributed by atoms with Crippen LogP contribution in [0, 0.1) is 5.92 Å². The standard InChI is InChI=1S/C10H17N2O/c13-10-11-6-8-12(10)7-2-5-9-3-1-4-9/h9H,1-8H2. The first-order chi connectivity index (χ1) is 6.36. The van der Waals surface area contributed by atoms with Gasteiger partial charge in [-0.1, -0.05) is 19.3 Å². The van der Waals surface area contributed by atoms with Gasteiger partial charge in [0.2, 0.25) is 0 Å². The van der Waals surface area contributed by atoms with Gasteiger partial charge in [-0.15, -0.1) is 0 Å². The molecule has 3 heteroatoms. The van der Waals surface area contributed by atoms with Crippen molar-refractivity contribution in [3.63, 3.8) is 0 Å². The molecule has 0 aromatic carbocycles. The van der Waals surface area contributed by atoms with Gasteiger partial charge in [0.25, 0.3) is 0 Å². The van der Waals surface area contributed by atoms with Crippen LogP contribution in [0.5, 0.6) is 0 Å². The zero-order chi connectivity index (χ0) is 9.10. The molecule has 0 atom stereocenters. The number of hydrogen-bond acceptors (Lipinski definition) is 1. The van der Waals surface area contributed by atoms with Gasteiger partial charge in [-0.2, -0.15) is 0 Å². The van der Waals surface area contributed by atoms with E-state index in [-0.39, 0.29) is 6.03 Å². The number of carbonyl (C=O) groups is 1. The van der Waals surface area contributed by atoms with E-state index in [2.05, 4.69) is 5.32 Å². The molecule has 2 fully saturated rings. The monoisotopic (exact) mass is 181 g/mol. The maximum atomic E-state index is 11.1. The van der Waals surface area contributed by atoms with E-state index in [4.69, 9.17) is 0 Å². The predicted octanol–water partition coefficient (Wildman–Crippen LogP) is 1.61. The van der Waals surface area contributed by atoms with E-state index in [0.29, 0.717) is 6.54 Å². The number of carbonyl (C=O) groups excluding carboxylic acids is 1. The van der Waals surface area contributed by atoms with E-state index in [1.165, 1.54) is 32.1 Å². The van der Waals surface area contributed by atoms with Crippen LogP contribution in [-0.2, 0) is 0 Å². The second-order valence-electron chi connectivity index (χ2n) is 4.09. The van der Waals surface area contributed by atoms with Crippen LogP contribution in [0.4, 0.5) is 4.79 Å². The summed E-state index contributed by atoms with van der Waals surface area (Å²) in [6.45, 7) is 2.49. The molecule has 2 amide bonds. The molecule has 13 heavy (non-hydrogen) atoms. The summed E-state index contributed by atoms with van der Waals surface area (Å²) in [4.78, 5) is 13.0. The summed E-state index contributed by atoms with van der Waals surface area (Å²) in [5, 5.41) is 3.84. The highest BCUT2D eigenvalue weighted by Gasteiger charge is 2.22. The minimum atomic E-state index is 0.00797. The van der Waals surface area contributed by atoms with Gasteiger partial charge in [0.1, 0.15) is 0 Å². The van der Waals surface area contributed by atoms with E-state index < -0.39 is 0 Å². The Morgan fingerprint density at radius 2 is 2.31 bits per heavy atom. The Balaban J connectivity index is 1.58. The molecule has 1 aliphatic heterocycles. The molecule has 1 saturated carbocycles. The largest absolute Gasteiger partial charge is 0.339 e. The number of hydrogen-bond donors (Lipinski definition) is 0. The molecular formula is C10H17N2O. The fraction of sp³-hybridized carbons (Fsp3) is 0.900. The maximum absolute atomic E-state index is 11.1. The number of rotatable bonds is 4. The van der Waals surface area contributed by atoms with Gasteiger partial charge in [-0.25, -0.2) is 10.1 Å². The van der Waals surface area contributed by atoms with Gasteiger partial charge in [0, 0.05) is 13.1 Å². The normalized spacial score (nSPS) is 23.1. The van der Waals surface area contributed by atoms with Gasteiger partial charge >= 0.3 is 6.03 Å². The Hall–Kier alpha value is -0.730. The summed E-state index contributed by atoms with van der Waals surface area (Å²) in [6.07, 6.45) is 6.73. The Morgan fingerprint density at radius 1 is 1.46 bits per heavy atom. The Labute approximate surface area is 79.5 Å². The lowest BCUT2D eigenvalue weighted by Crippen LogP contribution is -2.27. The molecule has 1 aliphatic carbocycles. The van der Waals surface area contributed by atoms with Gasteiger partial charge < -0.3 is 4.90 Å². The summed E-state index contributed by atoms with van der Waals surface area (Å²) in [7, 11) is 0. The van der Waals surface area contributed by atoms with Gasteiger partial charge in [0.15, 0.2) is 0 Å². The summed E-state index contributed by atoms with van der Waals surface area (Å²) in [6, 6.07) is 0.00797. The van der Waals surface area contributed by atoms with Crippen molar-refractivity contribution in [1.82, 2.24) is 10.2 Å². The van der Waals surface area contributed by atoms with Crippen LogP contribution in [0.2, 0.25) is 0 Å². The third kappa shape index (κ3) is 2.14. The lowest BCUT2D eigenvalue weighted by Gasteiger charge is -2.25. The van der Waals surface area contributed by atoms with Crippen molar-refractivity contribution >= 4 is 6.03 Å². The molecule has 0 N–H and O–H groups in total. The molecule has 1 radical (unpaired) electrons. The zero-order valence-electron chi connectivity index (χ0n) is 8.04. The van der Waals surface area contributed by atoms with Crippen LogP contribution >= 0.6 is 0 Å². The molecular weight excluding hydrogens is 164 g/mol. The first-order valence-corrected chi connectivity index (χ1v) is 5.32. The molecule has 0 spiro atoms. The second-order valence-corrected chi connectivity index (χ2v) is 4.09. The lowest BCUT2D eigenvalue weighted by molar-refractivity contribution is 0.211. The molecule has 0 bridgehead atoms. The predicted molar refractivity (Wildman–Crippen MR) is 50.5 cm³/mol. The fourth-order valence-electron chi connectivity index (χ4n) is 2.02. The van der Waals surface area contributed by atoms with Gasteiger partial charge in [-0.05, 0) is 18.8 Å². The minimum Gasteiger partial charge on any atom is -0.321 e. The van der Waals surface area contributed by atoms with Gasteiger partial charge in [-0.3, -0.25) is 0 Å². The molecule has 0 unspecified atom stereocenters.